The minimum atomic E-state index is 0.295. The van der Waals surface area contributed by atoms with Crippen molar-refractivity contribution in [2.75, 3.05) is 13.1 Å². The summed E-state index contributed by atoms with van der Waals surface area (Å²) in [4.78, 5) is 19.6. The fourth-order valence-corrected chi connectivity index (χ4v) is 4.61. The molecule has 1 unspecified atom stereocenters. The van der Waals surface area contributed by atoms with Crippen LogP contribution < -0.4 is 0 Å². The van der Waals surface area contributed by atoms with Crippen LogP contribution in [0.25, 0.3) is 11.4 Å². The number of amides is 1. The molecular formula is C22H29N3O. The normalized spacial score (nSPS) is 21.3. The molecule has 0 N–H and O–H groups in total. The zero-order valence-electron chi connectivity index (χ0n) is 15.7. The van der Waals surface area contributed by atoms with E-state index in [-0.39, 0.29) is 0 Å². The van der Waals surface area contributed by atoms with Crippen molar-refractivity contribution in [1.29, 1.82) is 0 Å². The third kappa shape index (κ3) is 3.55. The van der Waals surface area contributed by atoms with Gasteiger partial charge in [-0.2, -0.15) is 0 Å². The lowest BCUT2D eigenvalue weighted by molar-refractivity contribution is -0.137. The predicted molar refractivity (Wildman–Crippen MR) is 104 cm³/mol. The monoisotopic (exact) mass is 351 g/mol. The van der Waals surface area contributed by atoms with Gasteiger partial charge in [-0.05, 0) is 38.5 Å². The van der Waals surface area contributed by atoms with Gasteiger partial charge in [0.1, 0.15) is 5.82 Å². The van der Waals surface area contributed by atoms with E-state index in [0.717, 1.165) is 50.3 Å². The summed E-state index contributed by atoms with van der Waals surface area (Å²) in [6, 6.07) is 10.4. The quantitative estimate of drug-likeness (QED) is 0.824. The van der Waals surface area contributed by atoms with Gasteiger partial charge in [-0.25, -0.2) is 4.98 Å². The number of aromatic nitrogens is 2. The lowest BCUT2D eigenvalue weighted by Gasteiger charge is -2.35. The highest BCUT2D eigenvalue weighted by atomic mass is 16.2. The van der Waals surface area contributed by atoms with Gasteiger partial charge in [0.15, 0.2) is 0 Å². The number of carbonyl (C=O) groups is 1. The van der Waals surface area contributed by atoms with Crippen LogP contribution >= 0.6 is 0 Å². The Morgan fingerprint density at radius 1 is 1.12 bits per heavy atom. The van der Waals surface area contributed by atoms with Gasteiger partial charge in [0.2, 0.25) is 5.91 Å². The molecule has 4 heteroatoms. The molecule has 1 aromatic carbocycles. The first-order valence-electron chi connectivity index (χ1n) is 10.1. The molecule has 1 amide bonds. The number of nitrogens with zero attached hydrogens (tertiary/aromatic N) is 3. The van der Waals surface area contributed by atoms with Gasteiger partial charge in [0.25, 0.3) is 0 Å². The highest BCUT2D eigenvalue weighted by Gasteiger charge is 2.31. The Labute approximate surface area is 156 Å². The molecule has 1 aromatic heterocycles. The third-order valence-corrected chi connectivity index (χ3v) is 6.06. The zero-order valence-corrected chi connectivity index (χ0v) is 15.7. The van der Waals surface area contributed by atoms with E-state index in [1.54, 1.807) is 0 Å². The van der Waals surface area contributed by atoms with Crippen LogP contribution in [0.15, 0.2) is 36.5 Å². The highest BCUT2D eigenvalue weighted by Crippen LogP contribution is 2.29. The van der Waals surface area contributed by atoms with Crippen LogP contribution in [0.4, 0.5) is 0 Å². The van der Waals surface area contributed by atoms with Crippen LogP contribution in [0.2, 0.25) is 0 Å². The molecule has 2 heterocycles. The zero-order chi connectivity index (χ0) is 17.9. The number of imidazole rings is 1. The number of benzene rings is 1. The highest BCUT2D eigenvalue weighted by molar-refractivity contribution is 5.79. The number of aryl methyl sites for hydroxylation is 1. The Morgan fingerprint density at radius 2 is 1.88 bits per heavy atom. The molecule has 1 saturated carbocycles. The topological polar surface area (TPSA) is 38.1 Å². The molecular weight excluding hydrogens is 322 g/mol. The van der Waals surface area contributed by atoms with Crippen LogP contribution in [-0.2, 0) is 11.3 Å². The minimum Gasteiger partial charge on any atom is -0.342 e. The molecule has 0 bridgehead atoms. The molecule has 2 fully saturated rings. The van der Waals surface area contributed by atoms with Gasteiger partial charge in [-0.15, -0.1) is 0 Å². The Morgan fingerprint density at radius 3 is 2.65 bits per heavy atom. The van der Waals surface area contributed by atoms with E-state index >= 15 is 0 Å². The average molecular weight is 351 g/mol. The first-order chi connectivity index (χ1) is 12.7. The molecule has 1 atom stereocenters. The Hall–Kier alpha value is -2.10. The van der Waals surface area contributed by atoms with E-state index in [1.165, 1.54) is 25.0 Å². The van der Waals surface area contributed by atoms with Crippen molar-refractivity contribution in [3.8, 4) is 11.4 Å². The Balaban J connectivity index is 1.47. The summed E-state index contributed by atoms with van der Waals surface area (Å²) in [6.07, 6.45) is 8.92. The molecule has 4 nitrogen and oxygen atoms in total. The number of piperidine rings is 1. The van der Waals surface area contributed by atoms with E-state index in [4.69, 9.17) is 0 Å². The van der Waals surface area contributed by atoms with Crippen molar-refractivity contribution in [3.63, 3.8) is 0 Å². The van der Waals surface area contributed by atoms with Gasteiger partial charge in [0.05, 0.1) is 0 Å². The summed E-state index contributed by atoms with van der Waals surface area (Å²) in [5.41, 5.74) is 2.36. The summed E-state index contributed by atoms with van der Waals surface area (Å²) in [7, 11) is 0. The second-order valence-electron chi connectivity index (χ2n) is 7.97. The van der Waals surface area contributed by atoms with Gasteiger partial charge >= 0.3 is 0 Å². The largest absolute Gasteiger partial charge is 0.342 e. The molecule has 2 aliphatic rings. The van der Waals surface area contributed by atoms with Gasteiger partial charge in [-0.1, -0.05) is 43.2 Å². The van der Waals surface area contributed by atoms with Crippen LogP contribution in [0.1, 0.15) is 44.2 Å². The molecule has 1 aliphatic carbocycles. The van der Waals surface area contributed by atoms with Crippen molar-refractivity contribution >= 4 is 5.91 Å². The van der Waals surface area contributed by atoms with Crippen molar-refractivity contribution in [1.82, 2.24) is 14.5 Å². The molecule has 4 rings (SSSR count). The molecule has 0 spiro atoms. The van der Waals surface area contributed by atoms with Gasteiger partial charge in [-0.3, -0.25) is 4.79 Å². The molecule has 1 aliphatic heterocycles. The minimum absolute atomic E-state index is 0.295. The molecule has 138 valence electrons. The van der Waals surface area contributed by atoms with Crippen molar-refractivity contribution in [2.24, 2.45) is 11.8 Å². The summed E-state index contributed by atoms with van der Waals surface area (Å²) >= 11 is 0. The van der Waals surface area contributed by atoms with Crippen LogP contribution in [0.5, 0.6) is 0 Å². The van der Waals surface area contributed by atoms with E-state index in [9.17, 15) is 4.79 Å². The number of rotatable bonds is 4. The maximum atomic E-state index is 12.8. The first kappa shape index (κ1) is 17.3. The number of hydrogen-bond acceptors (Lipinski definition) is 2. The Kier molecular flexibility index (Phi) is 5.09. The maximum Gasteiger partial charge on any atom is 0.225 e. The van der Waals surface area contributed by atoms with Crippen molar-refractivity contribution < 1.29 is 4.79 Å². The summed E-state index contributed by atoms with van der Waals surface area (Å²) in [5, 5.41) is 0. The van der Waals surface area contributed by atoms with E-state index < -0.39 is 0 Å². The number of hydrogen-bond donors (Lipinski definition) is 0. The lowest BCUT2D eigenvalue weighted by Crippen LogP contribution is -2.43. The van der Waals surface area contributed by atoms with Gasteiger partial charge < -0.3 is 9.47 Å². The van der Waals surface area contributed by atoms with Gasteiger partial charge in [0, 0.05) is 43.0 Å². The lowest BCUT2D eigenvalue weighted by atomic mass is 9.95. The molecule has 0 radical (unpaired) electrons. The third-order valence-electron chi connectivity index (χ3n) is 6.06. The summed E-state index contributed by atoms with van der Waals surface area (Å²) in [6.45, 7) is 4.93. The number of carbonyl (C=O) groups excluding carboxylic acids is 1. The molecule has 1 saturated heterocycles. The first-order valence-corrected chi connectivity index (χ1v) is 10.1. The van der Waals surface area contributed by atoms with E-state index in [0.29, 0.717) is 17.7 Å². The van der Waals surface area contributed by atoms with Crippen LogP contribution in [0.3, 0.4) is 0 Å². The van der Waals surface area contributed by atoms with Crippen LogP contribution in [-0.4, -0.2) is 33.4 Å². The Bertz CT molecular complexity index is 746. The molecule has 2 aromatic rings. The predicted octanol–water partition coefficient (Wildman–Crippen LogP) is 4.29. The number of likely N-dealkylation sites (tertiary alicyclic amines) is 1. The second-order valence-corrected chi connectivity index (χ2v) is 7.97. The summed E-state index contributed by atoms with van der Waals surface area (Å²) < 4.78 is 2.34. The SMILES string of the molecule is Cc1cnc(-c2ccccc2)n1CC1CCCN(C(=O)C2CCCC2)C1. The molecule has 26 heavy (non-hydrogen) atoms. The smallest absolute Gasteiger partial charge is 0.225 e. The van der Waals surface area contributed by atoms with E-state index in [1.807, 2.05) is 12.3 Å². The second kappa shape index (κ2) is 7.65. The fourth-order valence-electron chi connectivity index (χ4n) is 4.61. The van der Waals surface area contributed by atoms with Crippen LogP contribution in [0, 0.1) is 18.8 Å². The summed E-state index contributed by atoms with van der Waals surface area (Å²) in [5.74, 6) is 2.27. The van der Waals surface area contributed by atoms with Crippen molar-refractivity contribution in [2.45, 2.75) is 52.0 Å². The van der Waals surface area contributed by atoms with Crippen molar-refractivity contribution in [3.05, 3.63) is 42.2 Å². The fraction of sp³-hybridized carbons (Fsp3) is 0.545. The standard InChI is InChI=1S/C22H29N3O/c1-17-14-23-21(19-9-3-2-4-10-19)25(17)16-18-8-7-13-24(15-18)22(26)20-11-5-6-12-20/h2-4,9-10,14,18,20H,5-8,11-13,15-16H2,1H3. The maximum absolute atomic E-state index is 12.8. The van der Waals surface area contributed by atoms with E-state index in [2.05, 4.69) is 45.6 Å². The average Bonchev–Trinajstić information content (AvgIpc) is 3.33.